The zero-order chi connectivity index (χ0) is 36.0. The molecular weight excluding hydrogens is 609 g/mol. The number of hydrogen-bond acceptors (Lipinski definition) is 4. The molecule has 0 amide bonds. The van der Waals surface area contributed by atoms with E-state index in [1.807, 2.05) is 0 Å². The van der Waals surface area contributed by atoms with Crippen molar-refractivity contribution in [3.05, 3.63) is 117 Å². The molecule has 0 saturated carbocycles. The third-order valence-electron chi connectivity index (χ3n) is 11.3. The molecule has 4 aliphatic rings. The van der Waals surface area contributed by atoms with Gasteiger partial charge in [0, 0.05) is 48.9 Å². The molecule has 8 rings (SSSR count). The molecule has 0 aliphatic carbocycles. The van der Waals surface area contributed by atoms with Crippen LogP contribution in [0.15, 0.2) is 72.8 Å². The minimum Gasteiger partial charge on any atom is -0.349 e. The molecule has 0 radical (unpaired) electrons. The molecule has 0 aromatic heterocycles. The summed E-state index contributed by atoms with van der Waals surface area (Å²) in [6.07, 6.45) is 0. The fourth-order valence-electron chi connectivity index (χ4n) is 8.03. The standard InChI is InChI=1S/2C23H30N2/c2*1-22(2,3)18-7-9-20-16(11-18)13-24-15-25(20)14-17-12-19(23(4,5)6)8-10-21(17)24/h2*7-12H,13-15H2,1-6H3. The maximum atomic E-state index is 2.53. The molecule has 0 spiro atoms. The third kappa shape index (κ3) is 6.51. The van der Waals surface area contributed by atoms with Crippen LogP contribution < -0.4 is 19.6 Å². The summed E-state index contributed by atoms with van der Waals surface area (Å²) in [6, 6.07) is 28.3. The fourth-order valence-corrected chi connectivity index (χ4v) is 8.03. The van der Waals surface area contributed by atoms with Crippen molar-refractivity contribution in [2.75, 3.05) is 32.9 Å². The zero-order valence-corrected chi connectivity index (χ0v) is 33.0. The molecule has 4 aromatic rings. The van der Waals surface area contributed by atoms with Crippen LogP contribution in [0, 0.1) is 0 Å². The summed E-state index contributed by atoms with van der Waals surface area (Å²) in [5.74, 6) is 0. The zero-order valence-electron chi connectivity index (χ0n) is 33.0. The van der Waals surface area contributed by atoms with E-state index in [4.69, 9.17) is 0 Å². The van der Waals surface area contributed by atoms with Crippen LogP contribution in [-0.2, 0) is 47.8 Å². The average Bonchev–Trinajstić information content (AvgIpc) is 3.02. The Morgan fingerprint density at radius 3 is 0.700 bits per heavy atom. The van der Waals surface area contributed by atoms with Crippen LogP contribution in [0.4, 0.5) is 22.7 Å². The minimum atomic E-state index is 0.200. The van der Waals surface area contributed by atoms with Crippen molar-refractivity contribution in [1.82, 2.24) is 0 Å². The van der Waals surface area contributed by atoms with Gasteiger partial charge in [-0.05, 0) is 90.4 Å². The highest BCUT2D eigenvalue weighted by molar-refractivity contribution is 5.70. The minimum absolute atomic E-state index is 0.200. The monoisotopic (exact) mass is 668 g/mol. The van der Waals surface area contributed by atoms with E-state index >= 15 is 0 Å². The largest absolute Gasteiger partial charge is 0.349 e. The first-order chi connectivity index (χ1) is 23.3. The number of fused-ring (bicyclic) bond motifs is 12. The Kier molecular flexibility index (Phi) is 8.16. The summed E-state index contributed by atoms with van der Waals surface area (Å²) in [5, 5.41) is 0. The molecule has 0 N–H and O–H groups in total. The number of rotatable bonds is 0. The Hall–Kier alpha value is -3.92. The van der Waals surface area contributed by atoms with E-state index in [0.717, 1.165) is 39.5 Å². The first kappa shape index (κ1) is 34.5. The Morgan fingerprint density at radius 1 is 0.320 bits per heavy atom. The summed E-state index contributed by atoms with van der Waals surface area (Å²) >= 11 is 0. The number of anilines is 4. The molecule has 4 heteroatoms. The highest BCUT2D eigenvalue weighted by Crippen LogP contribution is 2.42. The van der Waals surface area contributed by atoms with Crippen molar-refractivity contribution in [3.63, 3.8) is 0 Å². The summed E-state index contributed by atoms with van der Waals surface area (Å²) in [4.78, 5) is 10.1. The number of hydrogen-bond donors (Lipinski definition) is 0. The van der Waals surface area contributed by atoms with E-state index < -0.39 is 0 Å². The molecule has 4 aromatic carbocycles. The van der Waals surface area contributed by atoms with Crippen molar-refractivity contribution in [2.24, 2.45) is 0 Å². The Bertz CT molecular complexity index is 1640. The van der Waals surface area contributed by atoms with Gasteiger partial charge in [0.1, 0.15) is 0 Å². The average molecular weight is 669 g/mol. The highest BCUT2D eigenvalue weighted by Gasteiger charge is 2.33. The van der Waals surface area contributed by atoms with Gasteiger partial charge in [-0.3, -0.25) is 0 Å². The molecule has 0 fully saturated rings. The second-order valence-electron chi connectivity index (χ2n) is 19.4. The van der Waals surface area contributed by atoms with Crippen molar-refractivity contribution >= 4 is 22.7 Å². The first-order valence-electron chi connectivity index (χ1n) is 18.8. The maximum absolute atomic E-state index is 2.53. The topological polar surface area (TPSA) is 13.0 Å². The van der Waals surface area contributed by atoms with Gasteiger partial charge in [0.15, 0.2) is 0 Å². The smallest absolute Gasteiger partial charge is 0.0910 e. The van der Waals surface area contributed by atoms with E-state index in [1.165, 1.54) is 67.3 Å². The molecule has 4 heterocycles. The summed E-state index contributed by atoms with van der Waals surface area (Å²) in [5.41, 5.74) is 18.0. The Morgan fingerprint density at radius 2 is 0.520 bits per heavy atom. The van der Waals surface area contributed by atoms with Gasteiger partial charge >= 0.3 is 0 Å². The molecule has 0 unspecified atom stereocenters. The molecule has 264 valence electrons. The third-order valence-corrected chi connectivity index (χ3v) is 11.3. The Balaban J connectivity index is 0.000000157. The maximum Gasteiger partial charge on any atom is 0.0910 e. The van der Waals surface area contributed by atoms with E-state index in [2.05, 4.69) is 175 Å². The fraction of sp³-hybridized carbons (Fsp3) is 0.478. The second-order valence-corrected chi connectivity index (χ2v) is 19.4. The van der Waals surface area contributed by atoms with Gasteiger partial charge in [0.05, 0.1) is 13.3 Å². The summed E-state index contributed by atoms with van der Waals surface area (Å²) < 4.78 is 0. The van der Waals surface area contributed by atoms with Gasteiger partial charge in [-0.25, -0.2) is 0 Å². The van der Waals surface area contributed by atoms with Crippen LogP contribution in [0.2, 0.25) is 0 Å². The second kappa shape index (κ2) is 11.8. The molecule has 4 aliphatic heterocycles. The van der Waals surface area contributed by atoms with Gasteiger partial charge in [-0.1, -0.05) is 132 Å². The predicted molar refractivity (Wildman–Crippen MR) is 215 cm³/mol. The molecule has 0 saturated heterocycles. The van der Waals surface area contributed by atoms with Crippen molar-refractivity contribution in [2.45, 2.75) is 131 Å². The molecule has 50 heavy (non-hydrogen) atoms. The Labute approximate surface area is 303 Å². The van der Waals surface area contributed by atoms with Crippen LogP contribution in [-0.4, -0.2) is 13.3 Å². The van der Waals surface area contributed by atoms with Gasteiger partial charge in [-0.2, -0.15) is 0 Å². The van der Waals surface area contributed by atoms with E-state index in [-0.39, 0.29) is 21.7 Å². The lowest BCUT2D eigenvalue weighted by Gasteiger charge is -2.45. The van der Waals surface area contributed by atoms with Crippen molar-refractivity contribution < 1.29 is 0 Å². The van der Waals surface area contributed by atoms with Gasteiger partial charge in [0.2, 0.25) is 0 Å². The summed E-state index contributed by atoms with van der Waals surface area (Å²) in [7, 11) is 0. The van der Waals surface area contributed by atoms with Crippen LogP contribution >= 0.6 is 0 Å². The first-order valence-corrected chi connectivity index (χ1v) is 18.8. The number of benzene rings is 4. The lowest BCUT2D eigenvalue weighted by Crippen LogP contribution is -2.46. The van der Waals surface area contributed by atoms with Crippen LogP contribution in [0.25, 0.3) is 0 Å². The lowest BCUT2D eigenvalue weighted by atomic mass is 9.84. The number of nitrogens with zero attached hydrogens (tertiary/aromatic N) is 4. The highest BCUT2D eigenvalue weighted by atomic mass is 15.4. The van der Waals surface area contributed by atoms with E-state index in [9.17, 15) is 0 Å². The van der Waals surface area contributed by atoms with Gasteiger partial charge in [0.25, 0.3) is 0 Å². The lowest BCUT2D eigenvalue weighted by molar-refractivity contribution is 0.581. The van der Waals surface area contributed by atoms with Gasteiger partial charge in [-0.15, -0.1) is 0 Å². The van der Waals surface area contributed by atoms with Crippen LogP contribution in [0.5, 0.6) is 0 Å². The van der Waals surface area contributed by atoms with E-state index in [0.29, 0.717) is 0 Å². The quantitative estimate of drug-likeness (QED) is 0.185. The molecule has 0 atom stereocenters. The SMILES string of the molecule is CC(C)(C)c1ccc2c(c1)CN1CN2Cc2cc(C(C)(C)C)ccc21.CC(C)(C)c1ccc2c(c1)CN1CN2Cc2cc(C(C)(C)C)ccc21. The van der Waals surface area contributed by atoms with Crippen LogP contribution in [0.3, 0.4) is 0 Å². The van der Waals surface area contributed by atoms with Crippen molar-refractivity contribution in [3.8, 4) is 0 Å². The van der Waals surface area contributed by atoms with E-state index in [1.54, 1.807) is 0 Å². The molecule has 4 nitrogen and oxygen atoms in total. The normalized spacial score (nSPS) is 16.6. The summed E-state index contributed by atoms with van der Waals surface area (Å²) in [6.45, 7) is 33.6. The molecular formula is C46H60N4. The predicted octanol–water partition coefficient (Wildman–Crippen LogP) is 11.2. The molecule has 4 bridgehead atoms. The van der Waals surface area contributed by atoms with Gasteiger partial charge < -0.3 is 19.6 Å². The van der Waals surface area contributed by atoms with Crippen LogP contribution in [0.1, 0.15) is 128 Å². The van der Waals surface area contributed by atoms with Crippen molar-refractivity contribution in [1.29, 1.82) is 0 Å².